The molecule has 0 saturated carbocycles. The molecule has 5 N–H and O–H groups in total. The third-order valence-electron chi connectivity index (χ3n) is 14.7. The molecule has 0 aliphatic carbocycles. The number of rotatable bonds is 25. The fourth-order valence-electron chi connectivity index (χ4n) is 9.48. The summed E-state index contributed by atoms with van der Waals surface area (Å²) in [5.41, 5.74) is 0. The number of aliphatic hydroxyl groups excluding tert-OH is 2. The Morgan fingerprint density at radius 2 is 0.760 bits per heavy atom. The van der Waals surface area contributed by atoms with Gasteiger partial charge in [-0.15, -0.1) is 92.8 Å². The maximum Gasteiger partial charge on any atom is 1.00 e. The second kappa shape index (κ2) is 56.7. The van der Waals surface area contributed by atoms with Crippen molar-refractivity contribution in [1.29, 1.82) is 0 Å². The van der Waals surface area contributed by atoms with Crippen molar-refractivity contribution in [2.75, 3.05) is 103 Å². The van der Waals surface area contributed by atoms with Crippen LogP contribution < -0.4 is 55.0 Å². The number of carbonyl (C=O) groups is 2. The van der Waals surface area contributed by atoms with Crippen LogP contribution in [0, 0.1) is 5.82 Å². The van der Waals surface area contributed by atoms with E-state index >= 15 is 0 Å². The van der Waals surface area contributed by atoms with E-state index in [0.29, 0.717) is 11.8 Å². The number of fused-ring (bicyclic) bond motifs is 3. The summed E-state index contributed by atoms with van der Waals surface area (Å²) in [6, 6.07) is 65.6. The molecule has 0 aliphatic heterocycles. The van der Waals surface area contributed by atoms with Gasteiger partial charge in [-0.2, -0.15) is 0 Å². The normalized spacial score (nSPS) is 11.4. The molecule has 0 amide bonds. The zero-order valence-corrected chi connectivity index (χ0v) is 70.5. The summed E-state index contributed by atoms with van der Waals surface area (Å²) in [6.45, 7) is 6.14. The molecular formula is C81H104BCl2FN6NaO6S6. The Bertz CT molecular complexity index is 3870. The van der Waals surface area contributed by atoms with E-state index in [1.54, 1.807) is 64.4 Å². The monoisotopic (exact) mass is 1570 g/mol. The van der Waals surface area contributed by atoms with E-state index in [-0.39, 0.29) is 106 Å². The number of aliphatic hydroxyl groups is 2. The molecule has 0 aliphatic rings. The second-order valence-corrected chi connectivity index (χ2v) is 29.5. The minimum absolute atomic E-state index is 0. The van der Waals surface area contributed by atoms with Crippen LogP contribution >= 0.6 is 92.8 Å². The van der Waals surface area contributed by atoms with Crippen molar-refractivity contribution in [3.05, 3.63) is 268 Å². The van der Waals surface area contributed by atoms with Gasteiger partial charge in [-0.1, -0.05) is 146 Å². The average molecular weight is 1570 g/mol. The Balaban J connectivity index is 0.00000121. The van der Waals surface area contributed by atoms with Gasteiger partial charge in [-0.3, -0.25) is 9.59 Å². The number of benzene rings is 6. The zero-order valence-electron chi connectivity index (χ0n) is 63.0. The molecule has 23 heteroatoms. The van der Waals surface area contributed by atoms with Crippen molar-refractivity contribution in [3.8, 4) is 11.5 Å². The van der Waals surface area contributed by atoms with Gasteiger partial charge in [0.1, 0.15) is 29.5 Å². The molecule has 12 aromatic rings. The molecule has 0 bridgehead atoms. The number of nitrogens with one attached hydrogen (secondary N) is 3. The first-order valence-electron chi connectivity index (χ1n) is 33.3. The molecule has 12 rings (SSSR count). The Morgan fingerprint density at radius 3 is 1.09 bits per heavy atom. The van der Waals surface area contributed by atoms with Gasteiger partial charge in [0, 0.05) is 83.0 Å². The van der Waals surface area contributed by atoms with E-state index in [9.17, 15) is 24.2 Å². The van der Waals surface area contributed by atoms with E-state index in [4.69, 9.17) is 9.47 Å². The molecule has 0 fully saturated rings. The average Bonchev–Trinajstić information content (AvgIpc) is 1.72. The van der Waals surface area contributed by atoms with Crippen molar-refractivity contribution in [2.24, 2.45) is 0 Å². The number of Topliss-reactive ketones (excluding diaryl/α,β-unsaturated/α-hetero) is 2. The summed E-state index contributed by atoms with van der Waals surface area (Å²) < 4.78 is 25.7. The first-order valence-corrected chi connectivity index (χ1v) is 38.6. The predicted octanol–water partition coefficient (Wildman–Crippen LogP) is 17.0. The van der Waals surface area contributed by atoms with Crippen LogP contribution in [-0.4, -0.2) is 148 Å². The van der Waals surface area contributed by atoms with Crippen LogP contribution in [0.4, 0.5) is 4.39 Å². The van der Waals surface area contributed by atoms with Gasteiger partial charge in [0.05, 0.1) is 22.0 Å². The summed E-state index contributed by atoms with van der Waals surface area (Å²) in [4.78, 5) is 34.5. The number of nitrogens with zero attached hydrogens (tertiary/aromatic N) is 3. The van der Waals surface area contributed by atoms with Crippen LogP contribution in [0.1, 0.15) is 104 Å². The summed E-state index contributed by atoms with van der Waals surface area (Å²) in [5.74, 6) is 2.17. The number of hydrogen-bond acceptors (Lipinski definition) is 18. The van der Waals surface area contributed by atoms with Gasteiger partial charge in [0.15, 0.2) is 11.6 Å². The first kappa shape index (κ1) is 96.5. The Kier molecular flexibility index (Phi) is 52.6. The molecule has 6 heterocycles. The van der Waals surface area contributed by atoms with Crippen LogP contribution in [0.5, 0.6) is 11.5 Å². The molecule has 0 saturated heterocycles. The Morgan fingerprint density at radius 1 is 0.433 bits per heavy atom. The second-order valence-electron chi connectivity index (χ2n) is 23.7. The standard InChI is InChI=1S/2C18H19NOS.C10H7F.2C9H15NOS.C9H13NOS.C6H6OS.C2H7N.B.2ClH.Na.H/c2*1-19-12-11-17(18-10-5-13-21-18)20-16-9-4-7-14-6-2-3-8-15(14)16;11-10-7-3-5-8-4-1-2-6-9(8)10;3*1-10(2)6-5-8(11)9-4-3-7-12-9;1-5(7)6-3-2-4-8-6;1-3-2;;;;;/h2*2-10,13,17,19H,11-12H2,1H3;1-7H;2*3-4,7-8,11H,5-6H2,1-2H3;3-4,7H,5-6H2,1-2H3;2-4H,1H3;3H,1-2H3;;2*1H;;/q;;;;;;;;;;;+1;-1. The molecular weight excluding hydrogens is 1470 g/mol. The van der Waals surface area contributed by atoms with Crippen LogP contribution in [0.3, 0.4) is 0 Å². The number of ether oxygens (including phenoxy) is 2. The molecule has 4 unspecified atom stereocenters. The quantitative estimate of drug-likeness (QED) is 0.0275. The molecule has 4 atom stereocenters. The molecule has 6 aromatic heterocycles. The number of carbonyl (C=O) groups excluding carboxylic acids is 2. The number of hydrogen-bond donors (Lipinski definition) is 5. The van der Waals surface area contributed by atoms with Crippen molar-refractivity contribution >= 4 is 145 Å². The van der Waals surface area contributed by atoms with E-state index in [1.807, 2.05) is 170 Å². The van der Waals surface area contributed by atoms with Crippen molar-refractivity contribution < 1.29 is 64.7 Å². The SMILES string of the molecule is CC(=O)c1cccs1.CN(C)CCC(=O)c1cccs1.CN(C)CCC(O)c1cccs1.CN(C)CCC(O)c1cccs1.CNC.CNCCC(Oc1cccc2ccccc12)c1cccs1.CNCCC(Oc1cccc2ccccc12)c1cccs1.Cl.Cl.Fc1cccc2ccccc12.[B].[H-].[Na+]. The van der Waals surface area contributed by atoms with Crippen molar-refractivity contribution in [1.82, 2.24) is 30.7 Å². The smallest absolute Gasteiger partial charge is 1.00 e. The van der Waals surface area contributed by atoms with E-state index in [2.05, 4.69) is 146 Å². The van der Waals surface area contributed by atoms with Gasteiger partial charge in [-0.25, -0.2) is 4.39 Å². The molecule has 3 radical (unpaired) electrons. The number of halogens is 3. The van der Waals surface area contributed by atoms with E-state index < -0.39 is 0 Å². The molecule has 104 heavy (non-hydrogen) atoms. The summed E-state index contributed by atoms with van der Waals surface area (Å²) in [6.07, 6.45) is 3.79. The predicted molar refractivity (Wildman–Crippen MR) is 452 cm³/mol. The third kappa shape index (κ3) is 36.9. The maximum absolute atomic E-state index is 13.0. The summed E-state index contributed by atoms with van der Waals surface area (Å²) in [5, 5.41) is 46.9. The fraction of sp³-hybridized carbons (Fsp3) is 0.309. The molecule has 6 aromatic carbocycles. The maximum atomic E-state index is 13.0. The summed E-state index contributed by atoms with van der Waals surface area (Å²) >= 11 is 9.73. The van der Waals surface area contributed by atoms with Crippen LogP contribution in [0.25, 0.3) is 32.3 Å². The van der Waals surface area contributed by atoms with Crippen molar-refractivity contribution in [2.45, 2.75) is 63.4 Å². The zero-order chi connectivity index (χ0) is 72.3. The first-order chi connectivity index (χ1) is 48.5. The van der Waals surface area contributed by atoms with Gasteiger partial charge < -0.3 is 51.8 Å². The number of ketones is 2. The van der Waals surface area contributed by atoms with Gasteiger partial charge in [0.25, 0.3) is 0 Å². The van der Waals surface area contributed by atoms with Crippen LogP contribution in [0.2, 0.25) is 0 Å². The van der Waals surface area contributed by atoms with E-state index in [0.717, 1.165) is 94.8 Å². The molecule has 0 spiro atoms. The van der Waals surface area contributed by atoms with Crippen molar-refractivity contribution in [3.63, 3.8) is 0 Å². The summed E-state index contributed by atoms with van der Waals surface area (Å²) in [7, 11) is 19.7. The van der Waals surface area contributed by atoms with Gasteiger partial charge in [0.2, 0.25) is 0 Å². The third-order valence-corrected chi connectivity index (χ3v) is 20.5. The fourth-order valence-corrected chi connectivity index (χ4v) is 13.9. The largest absolute Gasteiger partial charge is 1.00 e. The van der Waals surface area contributed by atoms with Crippen LogP contribution in [0.15, 0.2) is 232 Å². The molecule has 12 nitrogen and oxygen atoms in total. The molecule has 555 valence electrons. The number of thiophene rings is 6. The minimum Gasteiger partial charge on any atom is -1.00 e. The Hall–Kier alpha value is -5.51. The van der Waals surface area contributed by atoms with Gasteiger partial charge >= 0.3 is 29.6 Å². The van der Waals surface area contributed by atoms with Gasteiger partial charge in [-0.05, 0) is 206 Å². The topological polar surface area (TPSA) is 139 Å². The van der Waals surface area contributed by atoms with Crippen LogP contribution in [-0.2, 0) is 0 Å². The van der Waals surface area contributed by atoms with E-state index in [1.165, 1.54) is 60.0 Å². The Labute approximate surface area is 679 Å². The minimum atomic E-state index is -0.285.